The van der Waals surface area contributed by atoms with Crippen LogP contribution >= 0.6 is 0 Å². The number of fused-ring (bicyclic) bond motifs is 3. The number of amides is 1. The molecule has 0 bridgehead atoms. The second-order valence-electron chi connectivity index (χ2n) is 6.46. The van der Waals surface area contributed by atoms with Crippen LogP contribution in [0, 0.1) is 0 Å². The molecule has 3 heterocycles. The van der Waals surface area contributed by atoms with Gasteiger partial charge in [0, 0.05) is 11.8 Å². The molecule has 7 heteroatoms. The van der Waals surface area contributed by atoms with Crippen molar-refractivity contribution in [2.75, 3.05) is 12.4 Å². The molecule has 2 aromatic carbocycles. The number of rotatable bonds is 3. The number of benzene rings is 2. The van der Waals surface area contributed by atoms with Gasteiger partial charge in [0.15, 0.2) is 0 Å². The zero-order valence-electron chi connectivity index (χ0n) is 14.9. The van der Waals surface area contributed by atoms with Gasteiger partial charge >= 0.3 is 0 Å². The standard InChI is InChI=1S/C21H16N4O3/c1-28-17-8-9-22-15(17)10-12-18-13(24-21(12)27)6-7-14-19(18)25-20(23-14)11-4-2-3-5-16(11)26/h2-10,22,26H,1H3,(H,23,25)(H,24,27)/b12-10-. The van der Waals surface area contributed by atoms with Gasteiger partial charge in [0.2, 0.25) is 0 Å². The van der Waals surface area contributed by atoms with Crippen LogP contribution in [0.5, 0.6) is 11.5 Å². The third kappa shape index (κ3) is 2.37. The molecule has 0 radical (unpaired) electrons. The van der Waals surface area contributed by atoms with E-state index in [1.54, 1.807) is 43.6 Å². The number of carbonyl (C=O) groups excluding carboxylic acids is 1. The number of aromatic nitrogens is 3. The Morgan fingerprint density at radius 2 is 2.00 bits per heavy atom. The van der Waals surface area contributed by atoms with Crippen LogP contribution in [0.2, 0.25) is 0 Å². The molecule has 4 aromatic rings. The maximum absolute atomic E-state index is 12.6. The summed E-state index contributed by atoms with van der Waals surface area (Å²) in [5, 5.41) is 13.0. The first-order chi connectivity index (χ1) is 13.7. The number of phenolic OH excluding ortho intramolecular Hbond substituents is 1. The van der Waals surface area contributed by atoms with Crippen molar-refractivity contribution < 1.29 is 14.6 Å². The number of carbonyl (C=O) groups is 1. The fourth-order valence-electron chi connectivity index (χ4n) is 3.50. The van der Waals surface area contributed by atoms with Gasteiger partial charge in [-0.05, 0) is 36.4 Å². The first-order valence-corrected chi connectivity index (χ1v) is 8.71. The quantitative estimate of drug-likeness (QED) is 0.411. The molecule has 0 aliphatic carbocycles. The van der Waals surface area contributed by atoms with E-state index in [9.17, 15) is 9.90 Å². The lowest BCUT2D eigenvalue weighted by atomic mass is 10.0. The number of hydrogen-bond donors (Lipinski definition) is 4. The Bertz CT molecular complexity index is 1270. The molecule has 0 unspecified atom stereocenters. The topological polar surface area (TPSA) is 103 Å². The summed E-state index contributed by atoms with van der Waals surface area (Å²) in [5.41, 5.74) is 4.65. The average Bonchev–Trinajstić information content (AvgIpc) is 3.39. The van der Waals surface area contributed by atoms with Gasteiger partial charge in [-0.25, -0.2) is 4.98 Å². The molecule has 0 spiro atoms. The molecular weight excluding hydrogens is 356 g/mol. The van der Waals surface area contributed by atoms with E-state index in [2.05, 4.69) is 20.3 Å². The second-order valence-corrected chi connectivity index (χ2v) is 6.46. The van der Waals surface area contributed by atoms with E-state index >= 15 is 0 Å². The van der Waals surface area contributed by atoms with Crippen LogP contribution in [-0.4, -0.2) is 33.1 Å². The number of ether oxygens (including phenoxy) is 1. The number of phenols is 1. The molecule has 5 rings (SSSR count). The number of nitrogens with zero attached hydrogens (tertiary/aromatic N) is 1. The Morgan fingerprint density at radius 1 is 1.14 bits per heavy atom. The summed E-state index contributed by atoms with van der Waals surface area (Å²) in [7, 11) is 1.58. The molecule has 1 amide bonds. The molecule has 0 fully saturated rings. The van der Waals surface area contributed by atoms with Crippen LogP contribution in [0.1, 0.15) is 11.3 Å². The summed E-state index contributed by atoms with van der Waals surface area (Å²) in [4.78, 5) is 23.6. The number of nitrogens with one attached hydrogen (secondary N) is 3. The van der Waals surface area contributed by atoms with Gasteiger partial charge in [0.1, 0.15) is 17.3 Å². The summed E-state index contributed by atoms with van der Waals surface area (Å²) in [6.45, 7) is 0. The first-order valence-electron chi connectivity index (χ1n) is 8.71. The molecule has 0 saturated carbocycles. The van der Waals surface area contributed by atoms with Crippen LogP contribution in [0.4, 0.5) is 5.69 Å². The molecule has 138 valence electrons. The summed E-state index contributed by atoms with van der Waals surface area (Å²) in [5.74, 6) is 1.13. The van der Waals surface area contributed by atoms with Gasteiger partial charge in [-0.3, -0.25) is 4.79 Å². The van der Waals surface area contributed by atoms with Gasteiger partial charge in [-0.1, -0.05) is 12.1 Å². The zero-order chi connectivity index (χ0) is 19.3. The normalized spacial score (nSPS) is 14.5. The number of anilines is 1. The van der Waals surface area contributed by atoms with E-state index in [1.165, 1.54) is 0 Å². The minimum absolute atomic E-state index is 0.138. The van der Waals surface area contributed by atoms with Gasteiger partial charge in [-0.15, -0.1) is 0 Å². The largest absolute Gasteiger partial charge is 0.507 e. The van der Waals surface area contributed by atoms with E-state index in [4.69, 9.17) is 4.74 Å². The molecule has 0 saturated heterocycles. The Kier molecular flexibility index (Phi) is 3.48. The molecule has 0 atom stereocenters. The van der Waals surface area contributed by atoms with Gasteiger partial charge in [0.25, 0.3) is 5.91 Å². The molecule has 1 aliphatic rings. The monoisotopic (exact) mass is 372 g/mol. The Balaban J connectivity index is 1.72. The highest BCUT2D eigenvalue weighted by atomic mass is 16.5. The molecule has 2 aromatic heterocycles. The van der Waals surface area contributed by atoms with Crippen LogP contribution in [0.25, 0.3) is 34.1 Å². The lowest BCUT2D eigenvalue weighted by Gasteiger charge is -2.01. The maximum Gasteiger partial charge on any atom is 0.256 e. The Labute approximate surface area is 159 Å². The van der Waals surface area contributed by atoms with E-state index in [1.807, 2.05) is 18.2 Å². The number of aromatic amines is 2. The van der Waals surface area contributed by atoms with Crippen molar-refractivity contribution >= 4 is 34.3 Å². The number of para-hydroxylation sites is 1. The molecule has 7 nitrogen and oxygen atoms in total. The molecule has 1 aliphatic heterocycles. The smallest absolute Gasteiger partial charge is 0.256 e. The van der Waals surface area contributed by atoms with Crippen LogP contribution in [-0.2, 0) is 4.79 Å². The fraction of sp³-hybridized carbons (Fsp3) is 0.0476. The summed E-state index contributed by atoms with van der Waals surface area (Å²) in [6, 6.07) is 12.5. The van der Waals surface area contributed by atoms with Gasteiger partial charge < -0.3 is 25.1 Å². The van der Waals surface area contributed by atoms with Crippen molar-refractivity contribution in [1.29, 1.82) is 0 Å². The Hall–Kier alpha value is -4.00. The van der Waals surface area contributed by atoms with Gasteiger partial charge in [0.05, 0.1) is 40.7 Å². The predicted octanol–water partition coefficient (Wildman–Crippen LogP) is 3.76. The van der Waals surface area contributed by atoms with E-state index < -0.39 is 0 Å². The Morgan fingerprint density at radius 3 is 2.82 bits per heavy atom. The third-order valence-corrected chi connectivity index (χ3v) is 4.82. The second kappa shape index (κ2) is 6.02. The molecule has 4 N–H and O–H groups in total. The third-order valence-electron chi connectivity index (χ3n) is 4.82. The van der Waals surface area contributed by atoms with Crippen LogP contribution in [0.15, 0.2) is 48.7 Å². The van der Waals surface area contributed by atoms with Crippen molar-refractivity contribution in [3.8, 4) is 22.9 Å². The fourth-order valence-corrected chi connectivity index (χ4v) is 3.50. The molecular formula is C21H16N4O3. The van der Waals surface area contributed by atoms with Crippen molar-refractivity contribution in [3.05, 3.63) is 59.9 Å². The van der Waals surface area contributed by atoms with Crippen LogP contribution in [0.3, 0.4) is 0 Å². The van der Waals surface area contributed by atoms with Gasteiger partial charge in [-0.2, -0.15) is 0 Å². The minimum Gasteiger partial charge on any atom is -0.507 e. The van der Waals surface area contributed by atoms with Crippen molar-refractivity contribution in [2.24, 2.45) is 0 Å². The van der Waals surface area contributed by atoms with E-state index in [0.717, 1.165) is 11.1 Å². The van der Waals surface area contributed by atoms with Crippen molar-refractivity contribution in [3.63, 3.8) is 0 Å². The summed E-state index contributed by atoms with van der Waals surface area (Å²) < 4.78 is 5.32. The lowest BCUT2D eigenvalue weighted by molar-refractivity contribution is -0.110. The number of aromatic hydroxyl groups is 1. The first kappa shape index (κ1) is 16.2. The maximum atomic E-state index is 12.6. The lowest BCUT2D eigenvalue weighted by Crippen LogP contribution is -2.03. The highest BCUT2D eigenvalue weighted by Gasteiger charge is 2.28. The number of hydrogen-bond acceptors (Lipinski definition) is 4. The van der Waals surface area contributed by atoms with E-state index in [0.29, 0.717) is 39.6 Å². The average molecular weight is 372 g/mol. The number of imidazole rings is 1. The van der Waals surface area contributed by atoms with E-state index in [-0.39, 0.29) is 11.7 Å². The van der Waals surface area contributed by atoms with Crippen molar-refractivity contribution in [2.45, 2.75) is 0 Å². The zero-order valence-corrected chi connectivity index (χ0v) is 14.9. The molecule has 28 heavy (non-hydrogen) atoms. The number of H-pyrrole nitrogens is 2. The predicted molar refractivity (Wildman–Crippen MR) is 107 cm³/mol. The minimum atomic E-state index is -0.203. The highest BCUT2D eigenvalue weighted by Crippen LogP contribution is 2.40. The number of methoxy groups -OCH3 is 1. The summed E-state index contributed by atoms with van der Waals surface area (Å²) >= 11 is 0. The SMILES string of the molecule is COc1cc[nH]c1/C=C1\C(=O)Nc2ccc3[nH]c(-c4ccccc4O)nc3c21. The van der Waals surface area contributed by atoms with Crippen molar-refractivity contribution in [1.82, 2.24) is 15.0 Å². The summed E-state index contributed by atoms with van der Waals surface area (Å²) in [6.07, 6.45) is 3.51. The highest BCUT2D eigenvalue weighted by molar-refractivity contribution is 6.37. The van der Waals surface area contributed by atoms with Crippen LogP contribution < -0.4 is 10.1 Å².